The number of benzene rings is 1. The normalized spacial score (nSPS) is 23.5. The maximum absolute atomic E-state index is 14.2. The van der Waals surface area contributed by atoms with Gasteiger partial charge in [-0.25, -0.2) is 4.98 Å². The number of hydrogen-bond donors (Lipinski definition) is 1. The number of aryl methyl sites for hydroxylation is 1. The van der Waals surface area contributed by atoms with E-state index in [0.29, 0.717) is 28.4 Å². The topological polar surface area (TPSA) is 61.6 Å². The molecule has 148 valence electrons. The minimum absolute atomic E-state index is 0.0233. The van der Waals surface area contributed by atoms with E-state index < -0.39 is 17.8 Å². The summed E-state index contributed by atoms with van der Waals surface area (Å²) >= 11 is 0.995. The van der Waals surface area contributed by atoms with Crippen molar-refractivity contribution in [3.05, 3.63) is 65.2 Å². The van der Waals surface area contributed by atoms with Gasteiger partial charge in [-0.3, -0.25) is 4.98 Å². The zero-order chi connectivity index (χ0) is 20.2. The Labute approximate surface area is 168 Å². The molecule has 1 aliphatic carbocycles. The van der Waals surface area contributed by atoms with Crippen LogP contribution in [0.1, 0.15) is 17.5 Å². The van der Waals surface area contributed by atoms with Gasteiger partial charge in [0.25, 0.3) is 5.72 Å². The van der Waals surface area contributed by atoms with Gasteiger partial charge in [-0.05, 0) is 30.5 Å². The van der Waals surface area contributed by atoms with E-state index in [9.17, 15) is 18.3 Å². The summed E-state index contributed by atoms with van der Waals surface area (Å²) in [6.45, 7) is 0. The number of aliphatic hydroxyl groups is 1. The van der Waals surface area contributed by atoms with Crippen molar-refractivity contribution < 1.29 is 18.3 Å². The number of thiazole rings is 1. The van der Waals surface area contributed by atoms with Crippen molar-refractivity contribution in [1.82, 2.24) is 9.97 Å². The van der Waals surface area contributed by atoms with Gasteiger partial charge in [-0.1, -0.05) is 30.3 Å². The van der Waals surface area contributed by atoms with Crippen LogP contribution in [0, 0.1) is 5.92 Å². The highest BCUT2D eigenvalue weighted by atomic mass is 32.1. The van der Waals surface area contributed by atoms with Crippen LogP contribution in [-0.2, 0) is 6.42 Å². The van der Waals surface area contributed by atoms with Crippen molar-refractivity contribution in [3.8, 4) is 11.4 Å². The smallest absolute Gasteiger partial charge is 0.362 e. The van der Waals surface area contributed by atoms with Crippen LogP contribution in [0.4, 0.5) is 18.3 Å². The van der Waals surface area contributed by atoms with Crippen molar-refractivity contribution in [2.45, 2.75) is 24.7 Å². The van der Waals surface area contributed by atoms with Crippen molar-refractivity contribution >= 4 is 22.2 Å². The lowest BCUT2D eigenvalue weighted by Crippen LogP contribution is -2.60. The van der Waals surface area contributed by atoms with Gasteiger partial charge in [0.2, 0.25) is 5.13 Å². The number of alkyl halides is 3. The van der Waals surface area contributed by atoms with Crippen LogP contribution < -0.4 is 5.01 Å². The molecule has 1 aliphatic heterocycles. The molecule has 5 rings (SSSR count). The average Bonchev–Trinajstić information content (AvgIpc) is 3.32. The van der Waals surface area contributed by atoms with Crippen LogP contribution in [-0.4, -0.2) is 32.7 Å². The minimum Gasteiger partial charge on any atom is -0.362 e. The molecule has 0 saturated heterocycles. The molecule has 2 aliphatic rings. The summed E-state index contributed by atoms with van der Waals surface area (Å²) in [5, 5.41) is 17.5. The number of hydrazone groups is 1. The molecule has 0 radical (unpaired) electrons. The predicted octanol–water partition coefficient (Wildman–Crippen LogP) is 4.24. The third kappa shape index (κ3) is 2.68. The van der Waals surface area contributed by atoms with E-state index >= 15 is 0 Å². The first-order valence-electron chi connectivity index (χ1n) is 9.02. The molecule has 29 heavy (non-hydrogen) atoms. The highest BCUT2D eigenvalue weighted by Gasteiger charge is 2.68. The first kappa shape index (κ1) is 18.3. The molecule has 2 aromatic heterocycles. The fraction of sp³-hybridized carbons (Fsp3) is 0.250. The highest BCUT2D eigenvalue weighted by molar-refractivity contribution is 7.14. The van der Waals surface area contributed by atoms with Crippen molar-refractivity contribution in [3.63, 3.8) is 0 Å². The standard InChI is InChI=1S/C20H15F3N4OS/c21-20(22,23)19(28)14-9-8-12-5-1-2-6-13(12)17(14)26-27(19)18-25-16(11-29-18)15-7-3-4-10-24-15/h1-7,10-11,14,28H,8-9H2/t14-,19+/m1/s1. The molecule has 2 atom stereocenters. The fourth-order valence-corrected chi connectivity index (χ4v) is 4.78. The van der Waals surface area contributed by atoms with Crippen LogP contribution in [0.2, 0.25) is 0 Å². The lowest BCUT2D eigenvalue weighted by Gasteiger charge is -2.38. The fourth-order valence-electron chi connectivity index (χ4n) is 3.96. The molecule has 5 nitrogen and oxygen atoms in total. The van der Waals surface area contributed by atoms with Gasteiger partial charge in [0, 0.05) is 17.1 Å². The summed E-state index contributed by atoms with van der Waals surface area (Å²) < 4.78 is 42.5. The van der Waals surface area contributed by atoms with E-state index in [0.717, 1.165) is 16.9 Å². The van der Waals surface area contributed by atoms with Gasteiger partial charge in [0.05, 0.1) is 17.3 Å². The molecular formula is C20H15F3N4OS. The summed E-state index contributed by atoms with van der Waals surface area (Å²) in [5.41, 5.74) is -0.334. The first-order chi connectivity index (χ1) is 13.9. The number of pyridine rings is 1. The number of aromatic nitrogens is 2. The molecule has 9 heteroatoms. The Hall–Kier alpha value is -2.78. The third-order valence-corrected chi connectivity index (χ3v) is 6.18. The zero-order valence-electron chi connectivity index (χ0n) is 15.0. The van der Waals surface area contributed by atoms with Crippen LogP contribution >= 0.6 is 11.3 Å². The van der Waals surface area contributed by atoms with E-state index in [1.807, 2.05) is 12.1 Å². The molecule has 1 N–H and O–H groups in total. The van der Waals surface area contributed by atoms with E-state index in [1.54, 1.807) is 41.9 Å². The van der Waals surface area contributed by atoms with E-state index in [1.165, 1.54) is 0 Å². The number of hydrogen-bond acceptors (Lipinski definition) is 6. The molecule has 3 aromatic rings. The SMILES string of the molecule is O[C@]1(C(F)(F)F)[C@@H]2CCc3ccccc3C2=NN1c1nc(-c2ccccn2)cs1. The summed E-state index contributed by atoms with van der Waals surface area (Å²) in [4.78, 5) is 8.48. The summed E-state index contributed by atoms with van der Waals surface area (Å²) in [7, 11) is 0. The summed E-state index contributed by atoms with van der Waals surface area (Å²) in [6.07, 6.45) is -2.72. The Balaban J connectivity index is 1.63. The monoisotopic (exact) mass is 416 g/mol. The Morgan fingerprint density at radius 1 is 1.10 bits per heavy atom. The average molecular weight is 416 g/mol. The molecule has 0 saturated carbocycles. The van der Waals surface area contributed by atoms with Crippen LogP contribution in [0.15, 0.2) is 59.1 Å². The molecule has 3 heterocycles. The van der Waals surface area contributed by atoms with Gasteiger partial charge >= 0.3 is 6.18 Å². The Kier molecular flexibility index (Phi) is 4.01. The first-order valence-corrected chi connectivity index (χ1v) is 9.90. The highest BCUT2D eigenvalue weighted by Crippen LogP contribution is 2.50. The Morgan fingerprint density at radius 3 is 2.66 bits per heavy atom. The lowest BCUT2D eigenvalue weighted by molar-refractivity contribution is -0.268. The second kappa shape index (κ2) is 6.36. The molecule has 0 spiro atoms. The largest absolute Gasteiger partial charge is 0.439 e. The van der Waals surface area contributed by atoms with Gasteiger partial charge in [-0.15, -0.1) is 11.3 Å². The van der Waals surface area contributed by atoms with Gasteiger partial charge in [0.15, 0.2) is 0 Å². The summed E-state index contributed by atoms with van der Waals surface area (Å²) in [5.74, 6) is -1.18. The van der Waals surface area contributed by atoms with E-state index in [-0.39, 0.29) is 17.3 Å². The molecule has 0 amide bonds. The second-order valence-corrected chi connectivity index (χ2v) is 7.84. The molecule has 0 bridgehead atoms. The van der Waals surface area contributed by atoms with E-state index in [2.05, 4.69) is 15.1 Å². The zero-order valence-corrected chi connectivity index (χ0v) is 15.8. The number of nitrogens with zero attached hydrogens (tertiary/aromatic N) is 4. The number of halogens is 3. The second-order valence-electron chi connectivity index (χ2n) is 7.00. The molecule has 0 unspecified atom stereocenters. The van der Waals surface area contributed by atoms with Gasteiger partial charge < -0.3 is 5.11 Å². The van der Waals surface area contributed by atoms with Crippen LogP contribution in [0.3, 0.4) is 0 Å². The van der Waals surface area contributed by atoms with Gasteiger partial charge in [-0.2, -0.15) is 23.3 Å². The van der Waals surface area contributed by atoms with Crippen molar-refractivity contribution in [1.29, 1.82) is 0 Å². The lowest BCUT2D eigenvalue weighted by atomic mass is 9.77. The quantitative estimate of drug-likeness (QED) is 0.679. The van der Waals surface area contributed by atoms with Crippen molar-refractivity contribution in [2.75, 3.05) is 5.01 Å². The predicted molar refractivity (Wildman–Crippen MR) is 104 cm³/mol. The van der Waals surface area contributed by atoms with Crippen LogP contribution in [0.25, 0.3) is 11.4 Å². The third-order valence-electron chi connectivity index (χ3n) is 5.36. The minimum atomic E-state index is -4.91. The number of fused-ring (bicyclic) bond motifs is 3. The maximum Gasteiger partial charge on any atom is 0.439 e. The van der Waals surface area contributed by atoms with E-state index in [4.69, 9.17) is 0 Å². The molecule has 1 aromatic carbocycles. The maximum atomic E-state index is 14.2. The number of rotatable bonds is 2. The summed E-state index contributed by atoms with van der Waals surface area (Å²) in [6, 6.07) is 12.5. The van der Waals surface area contributed by atoms with Crippen LogP contribution in [0.5, 0.6) is 0 Å². The van der Waals surface area contributed by atoms with Crippen molar-refractivity contribution in [2.24, 2.45) is 11.0 Å². The number of anilines is 1. The molecular weight excluding hydrogens is 401 g/mol. The Bertz CT molecular complexity index is 1100. The van der Waals surface area contributed by atoms with Gasteiger partial charge in [0.1, 0.15) is 5.69 Å². The Morgan fingerprint density at radius 2 is 1.90 bits per heavy atom. The molecule has 0 fully saturated rings.